The number of morpholine rings is 1. The Morgan fingerprint density at radius 1 is 0.952 bits per heavy atom. The number of fused-ring (bicyclic) bond motifs is 2. The highest BCUT2D eigenvalue weighted by Gasteiger charge is 2.33. The van der Waals surface area contributed by atoms with Crippen molar-refractivity contribution in [3.05, 3.63) is 35.4 Å². The molecule has 2 saturated heterocycles. The van der Waals surface area contributed by atoms with Gasteiger partial charge in [0.05, 0.1) is 12.2 Å². The predicted octanol–water partition coefficient (Wildman–Crippen LogP) is 2.34. The van der Waals surface area contributed by atoms with Crippen molar-refractivity contribution in [2.75, 3.05) is 19.6 Å². The Morgan fingerprint density at radius 2 is 1.62 bits per heavy atom. The Hall–Kier alpha value is -0.900. The van der Waals surface area contributed by atoms with Crippen molar-refractivity contribution in [3.63, 3.8) is 0 Å². The summed E-state index contributed by atoms with van der Waals surface area (Å²) in [6.45, 7) is 4.43. The van der Waals surface area contributed by atoms with Gasteiger partial charge in [0, 0.05) is 25.7 Å². The third kappa shape index (κ3) is 3.65. The van der Waals surface area contributed by atoms with Crippen molar-refractivity contribution in [1.29, 1.82) is 0 Å². The highest BCUT2D eigenvalue weighted by molar-refractivity contribution is 5.23. The van der Waals surface area contributed by atoms with Crippen LogP contribution in [0.15, 0.2) is 24.3 Å². The van der Waals surface area contributed by atoms with Gasteiger partial charge in [-0.2, -0.15) is 0 Å². The van der Waals surface area contributed by atoms with Gasteiger partial charge in [-0.3, -0.25) is 4.90 Å². The second-order valence-corrected chi connectivity index (χ2v) is 6.95. The topological polar surface area (TPSA) is 24.5 Å². The van der Waals surface area contributed by atoms with Crippen LogP contribution in [-0.4, -0.2) is 42.8 Å². The highest BCUT2D eigenvalue weighted by Crippen LogP contribution is 2.27. The van der Waals surface area contributed by atoms with E-state index in [2.05, 4.69) is 34.5 Å². The van der Waals surface area contributed by atoms with Crippen molar-refractivity contribution < 1.29 is 4.74 Å². The van der Waals surface area contributed by atoms with Crippen LogP contribution < -0.4 is 5.32 Å². The largest absolute Gasteiger partial charge is 0.372 e. The summed E-state index contributed by atoms with van der Waals surface area (Å²) in [5, 5.41) is 3.58. The van der Waals surface area contributed by atoms with E-state index in [0.29, 0.717) is 12.2 Å². The Balaban J connectivity index is 1.27. The number of hydrogen-bond donors (Lipinski definition) is 1. The molecule has 4 rings (SSSR count). The molecule has 2 unspecified atom stereocenters. The van der Waals surface area contributed by atoms with Crippen molar-refractivity contribution in [3.8, 4) is 0 Å². The molecule has 3 fully saturated rings. The molecule has 0 aromatic heterocycles. The van der Waals surface area contributed by atoms with Gasteiger partial charge in [-0.15, -0.1) is 0 Å². The lowest BCUT2D eigenvalue weighted by Gasteiger charge is -2.32. The molecule has 3 aliphatic rings. The minimum atomic E-state index is 0.497. The number of nitrogens with zero attached hydrogens (tertiary/aromatic N) is 1. The summed E-state index contributed by atoms with van der Waals surface area (Å²) in [6, 6.07) is 10.0. The number of hydrogen-bond acceptors (Lipinski definition) is 3. The van der Waals surface area contributed by atoms with Crippen LogP contribution in [0.1, 0.15) is 36.8 Å². The molecule has 114 valence electrons. The average Bonchev–Trinajstić information content (AvgIpc) is 3.25. The van der Waals surface area contributed by atoms with Crippen LogP contribution in [0.4, 0.5) is 0 Å². The molecule has 1 N–H and O–H groups in total. The summed E-state index contributed by atoms with van der Waals surface area (Å²) in [5.41, 5.74) is 2.89. The van der Waals surface area contributed by atoms with Gasteiger partial charge in [0.25, 0.3) is 0 Å². The molecular formula is C18H26N2O. The molecule has 0 spiro atoms. The predicted molar refractivity (Wildman–Crippen MR) is 84.3 cm³/mol. The van der Waals surface area contributed by atoms with Gasteiger partial charge in [0.2, 0.25) is 0 Å². The van der Waals surface area contributed by atoms with E-state index >= 15 is 0 Å². The van der Waals surface area contributed by atoms with Crippen molar-refractivity contribution >= 4 is 0 Å². The summed E-state index contributed by atoms with van der Waals surface area (Å²) in [4.78, 5) is 2.56. The van der Waals surface area contributed by atoms with Crippen LogP contribution in [-0.2, 0) is 17.7 Å². The summed E-state index contributed by atoms with van der Waals surface area (Å²) in [7, 11) is 0. The van der Waals surface area contributed by atoms with E-state index in [1.807, 2.05) is 0 Å². The van der Waals surface area contributed by atoms with Gasteiger partial charge in [0.15, 0.2) is 0 Å². The fraction of sp³-hybridized carbons (Fsp3) is 0.667. The molecule has 0 amide bonds. The van der Waals surface area contributed by atoms with Gasteiger partial charge in [0.1, 0.15) is 0 Å². The average molecular weight is 286 g/mol. The van der Waals surface area contributed by atoms with E-state index < -0.39 is 0 Å². The van der Waals surface area contributed by atoms with E-state index in [0.717, 1.165) is 38.6 Å². The Bertz CT molecular complexity index is 457. The maximum Gasteiger partial charge on any atom is 0.0707 e. The monoisotopic (exact) mass is 286 g/mol. The van der Waals surface area contributed by atoms with Crippen molar-refractivity contribution in [2.24, 2.45) is 0 Å². The molecule has 2 heterocycles. The number of likely N-dealkylation sites (tertiary alicyclic amines) is 1. The minimum absolute atomic E-state index is 0.497. The van der Waals surface area contributed by atoms with E-state index in [4.69, 9.17) is 4.74 Å². The minimum Gasteiger partial charge on any atom is -0.372 e. The lowest BCUT2D eigenvalue weighted by molar-refractivity contribution is -0.0410. The Kier molecular flexibility index (Phi) is 3.97. The molecule has 1 aromatic carbocycles. The van der Waals surface area contributed by atoms with Crippen LogP contribution in [0.2, 0.25) is 0 Å². The van der Waals surface area contributed by atoms with Crippen LogP contribution in [0.5, 0.6) is 0 Å². The normalized spacial score (nSPS) is 29.0. The summed E-state index contributed by atoms with van der Waals surface area (Å²) in [5.74, 6) is 0. The van der Waals surface area contributed by atoms with Gasteiger partial charge < -0.3 is 10.1 Å². The Labute approximate surface area is 127 Å². The zero-order valence-electron chi connectivity index (χ0n) is 12.8. The molecule has 1 saturated carbocycles. The first kappa shape index (κ1) is 13.7. The molecule has 2 aliphatic heterocycles. The van der Waals surface area contributed by atoms with Gasteiger partial charge in [-0.1, -0.05) is 24.3 Å². The second kappa shape index (κ2) is 6.07. The molecule has 1 aromatic rings. The first-order valence-electron chi connectivity index (χ1n) is 8.54. The highest BCUT2D eigenvalue weighted by atomic mass is 16.5. The molecule has 1 aliphatic carbocycles. The molecule has 3 nitrogen and oxygen atoms in total. The van der Waals surface area contributed by atoms with Crippen molar-refractivity contribution in [2.45, 2.75) is 56.9 Å². The van der Waals surface area contributed by atoms with Crippen LogP contribution in [0.3, 0.4) is 0 Å². The lowest BCUT2D eigenvalue weighted by atomic mass is 10.1. The first-order valence-corrected chi connectivity index (χ1v) is 8.54. The first-order chi connectivity index (χ1) is 10.3. The van der Waals surface area contributed by atoms with Crippen molar-refractivity contribution in [1.82, 2.24) is 10.2 Å². The third-order valence-corrected chi connectivity index (χ3v) is 4.97. The van der Waals surface area contributed by atoms with Crippen LogP contribution in [0.25, 0.3) is 0 Å². The quantitative estimate of drug-likeness (QED) is 0.869. The van der Waals surface area contributed by atoms with E-state index in [1.54, 1.807) is 0 Å². The standard InChI is InChI=1S/C18H26N2O/c1-3-15(4-2-14(1)9-10-19-16-5-6-16)11-20-12-17-7-8-18(13-20)21-17/h1-4,16-19H,5-13H2. The molecular weight excluding hydrogens is 260 g/mol. The molecule has 21 heavy (non-hydrogen) atoms. The molecule has 0 radical (unpaired) electrons. The zero-order valence-corrected chi connectivity index (χ0v) is 12.8. The molecule has 2 atom stereocenters. The lowest BCUT2D eigenvalue weighted by Crippen LogP contribution is -2.41. The van der Waals surface area contributed by atoms with Gasteiger partial charge in [-0.25, -0.2) is 0 Å². The zero-order chi connectivity index (χ0) is 14.1. The van der Waals surface area contributed by atoms with Crippen LogP contribution >= 0.6 is 0 Å². The summed E-state index contributed by atoms with van der Waals surface area (Å²) < 4.78 is 5.90. The molecule has 3 heteroatoms. The maximum absolute atomic E-state index is 5.90. The SMILES string of the molecule is c1cc(CN2CC3CCC(C2)O3)ccc1CCNC1CC1. The maximum atomic E-state index is 5.90. The fourth-order valence-corrected chi connectivity index (χ4v) is 3.61. The number of benzene rings is 1. The van der Waals surface area contributed by atoms with Crippen LogP contribution in [0, 0.1) is 0 Å². The number of ether oxygens (including phenoxy) is 1. The third-order valence-electron chi connectivity index (χ3n) is 4.97. The van der Waals surface area contributed by atoms with Gasteiger partial charge in [-0.05, 0) is 49.8 Å². The smallest absolute Gasteiger partial charge is 0.0707 e. The molecule has 2 bridgehead atoms. The van der Waals surface area contributed by atoms with Gasteiger partial charge >= 0.3 is 0 Å². The number of nitrogens with one attached hydrogen (secondary N) is 1. The number of rotatable bonds is 6. The van der Waals surface area contributed by atoms with E-state index in [1.165, 1.54) is 36.8 Å². The van der Waals surface area contributed by atoms with E-state index in [9.17, 15) is 0 Å². The summed E-state index contributed by atoms with van der Waals surface area (Å²) >= 11 is 0. The van der Waals surface area contributed by atoms with E-state index in [-0.39, 0.29) is 0 Å². The second-order valence-electron chi connectivity index (χ2n) is 6.95. The Morgan fingerprint density at radius 3 is 2.29 bits per heavy atom. The summed E-state index contributed by atoms with van der Waals surface area (Å²) in [6.07, 6.45) is 7.41. The fourth-order valence-electron chi connectivity index (χ4n) is 3.61.